The number of benzene rings is 1. The Labute approximate surface area is 129 Å². The van der Waals surface area contributed by atoms with Crippen LogP contribution in [-0.2, 0) is 0 Å². The summed E-state index contributed by atoms with van der Waals surface area (Å²) in [6.45, 7) is 0.749. The Hall–Kier alpha value is -0.770. The third-order valence-electron chi connectivity index (χ3n) is 4.02. The molecule has 1 amide bonds. The van der Waals surface area contributed by atoms with Gasteiger partial charge in [-0.3, -0.25) is 4.79 Å². The van der Waals surface area contributed by atoms with Gasteiger partial charge in [0.2, 0.25) is 0 Å². The molecule has 2 N–H and O–H groups in total. The van der Waals surface area contributed by atoms with Gasteiger partial charge in [-0.1, -0.05) is 42.1 Å². The second-order valence-electron chi connectivity index (χ2n) is 5.29. The van der Waals surface area contributed by atoms with Crippen LogP contribution in [0, 0.1) is 11.8 Å². The third-order valence-corrected chi connectivity index (χ3v) is 4.65. The summed E-state index contributed by atoms with van der Waals surface area (Å²) in [5, 5.41) is 13.0. The highest BCUT2D eigenvalue weighted by atomic mass is 35.5. The zero-order chi connectivity index (χ0) is 14.5. The van der Waals surface area contributed by atoms with Crippen molar-refractivity contribution in [3.05, 3.63) is 33.8 Å². The molecule has 0 bridgehead atoms. The maximum Gasteiger partial charge on any atom is 0.254 e. The van der Waals surface area contributed by atoms with Gasteiger partial charge in [0, 0.05) is 13.2 Å². The Morgan fingerprint density at radius 1 is 1.20 bits per heavy atom. The van der Waals surface area contributed by atoms with Gasteiger partial charge in [-0.2, -0.15) is 0 Å². The number of carbonyl (C=O) groups is 1. The van der Waals surface area contributed by atoms with E-state index in [2.05, 4.69) is 5.32 Å². The predicted octanol–water partition coefficient (Wildman–Crippen LogP) is 3.52. The third kappa shape index (κ3) is 3.66. The molecule has 2 rings (SSSR count). The second kappa shape index (κ2) is 7.30. The van der Waals surface area contributed by atoms with Crippen LogP contribution in [-0.4, -0.2) is 24.2 Å². The molecule has 0 saturated heterocycles. The molecular weight excluding hydrogens is 297 g/mol. The molecule has 1 aliphatic rings. The lowest BCUT2D eigenvalue weighted by atomic mass is 9.79. The Morgan fingerprint density at radius 3 is 2.40 bits per heavy atom. The molecule has 0 aromatic heterocycles. The van der Waals surface area contributed by atoms with Gasteiger partial charge in [0.25, 0.3) is 5.91 Å². The molecule has 5 heteroatoms. The molecule has 1 aliphatic carbocycles. The van der Waals surface area contributed by atoms with Gasteiger partial charge in [-0.25, -0.2) is 0 Å². The fourth-order valence-corrected chi connectivity index (χ4v) is 3.39. The number of rotatable bonds is 4. The Balaban J connectivity index is 1.98. The molecule has 110 valence electrons. The van der Waals surface area contributed by atoms with Gasteiger partial charge < -0.3 is 10.4 Å². The topological polar surface area (TPSA) is 49.3 Å². The molecule has 1 fully saturated rings. The van der Waals surface area contributed by atoms with E-state index >= 15 is 0 Å². The van der Waals surface area contributed by atoms with Gasteiger partial charge >= 0.3 is 0 Å². The highest BCUT2D eigenvalue weighted by Gasteiger charge is 2.25. The van der Waals surface area contributed by atoms with Gasteiger partial charge in [0.05, 0.1) is 15.6 Å². The highest BCUT2D eigenvalue weighted by molar-refractivity contribution is 6.39. The first-order chi connectivity index (χ1) is 9.63. The number of amides is 1. The molecule has 0 heterocycles. The van der Waals surface area contributed by atoms with Crippen LogP contribution < -0.4 is 5.32 Å². The average molecular weight is 316 g/mol. The van der Waals surface area contributed by atoms with E-state index in [-0.39, 0.29) is 18.4 Å². The lowest BCUT2D eigenvalue weighted by molar-refractivity contribution is 0.0909. The number of nitrogens with one attached hydrogen (secondary N) is 1. The lowest BCUT2D eigenvalue weighted by Gasteiger charge is -2.30. The van der Waals surface area contributed by atoms with Crippen molar-refractivity contribution in [3.63, 3.8) is 0 Å². The number of hydrogen-bond donors (Lipinski definition) is 2. The van der Waals surface area contributed by atoms with Crippen LogP contribution in [0.2, 0.25) is 10.0 Å². The van der Waals surface area contributed by atoms with Crippen LogP contribution >= 0.6 is 23.2 Å². The fourth-order valence-electron chi connectivity index (χ4n) is 2.82. The van der Waals surface area contributed by atoms with Crippen molar-refractivity contribution in [1.82, 2.24) is 5.32 Å². The van der Waals surface area contributed by atoms with Crippen molar-refractivity contribution >= 4 is 29.1 Å². The summed E-state index contributed by atoms with van der Waals surface area (Å²) in [4.78, 5) is 12.2. The Bertz CT molecular complexity index is 459. The predicted molar refractivity (Wildman–Crippen MR) is 81.3 cm³/mol. The summed E-state index contributed by atoms with van der Waals surface area (Å²) in [5.74, 6) is 0.368. The summed E-state index contributed by atoms with van der Waals surface area (Å²) in [7, 11) is 0. The minimum Gasteiger partial charge on any atom is -0.396 e. The molecule has 0 aliphatic heterocycles. The number of halogens is 2. The van der Waals surface area contributed by atoms with Gasteiger partial charge in [0.1, 0.15) is 0 Å². The molecule has 1 saturated carbocycles. The second-order valence-corrected chi connectivity index (χ2v) is 6.11. The molecule has 2 atom stereocenters. The van der Waals surface area contributed by atoms with E-state index in [1.165, 1.54) is 0 Å². The number of aliphatic hydroxyl groups is 1. The smallest absolute Gasteiger partial charge is 0.254 e. The zero-order valence-electron chi connectivity index (χ0n) is 11.2. The minimum absolute atomic E-state index is 0.188. The van der Waals surface area contributed by atoms with E-state index in [4.69, 9.17) is 23.2 Å². The first-order valence-corrected chi connectivity index (χ1v) is 7.72. The zero-order valence-corrected chi connectivity index (χ0v) is 12.8. The Kier molecular flexibility index (Phi) is 5.70. The maximum atomic E-state index is 12.2. The normalized spacial score (nSPS) is 22.6. The SMILES string of the molecule is O=C(NCC1CCCCC1CO)c1c(Cl)cccc1Cl. The fraction of sp³-hybridized carbons (Fsp3) is 0.533. The van der Waals surface area contributed by atoms with Crippen molar-refractivity contribution in [2.24, 2.45) is 11.8 Å². The van der Waals surface area contributed by atoms with Crippen LogP contribution in [0.5, 0.6) is 0 Å². The molecule has 2 unspecified atom stereocenters. The first kappa shape index (κ1) is 15.6. The first-order valence-electron chi connectivity index (χ1n) is 6.96. The van der Waals surface area contributed by atoms with Gasteiger partial charge in [-0.15, -0.1) is 0 Å². The summed E-state index contributed by atoms with van der Waals surface area (Å²) in [6.07, 6.45) is 4.39. The van der Waals surface area contributed by atoms with Crippen LogP contribution in [0.25, 0.3) is 0 Å². The van der Waals surface area contributed by atoms with E-state index in [0.717, 1.165) is 25.7 Å². The number of carbonyl (C=O) groups excluding carboxylic acids is 1. The van der Waals surface area contributed by atoms with E-state index in [1.807, 2.05) is 0 Å². The van der Waals surface area contributed by atoms with E-state index in [1.54, 1.807) is 18.2 Å². The van der Waals surface area contributed by atoms with Crippen LogP contribution in [0.15, 0.2) is 18.2 Å². The van der Waals surface area contributed by atoms with Gasteiger partial charge in [0.15, 0.2) is 0 Å². The average Bonchev–Trinajstić information content (AvgIpc) is 2.45. The molecule has 1 aromatic carbocycles. The summed E-state index contributed by atoms with van der Waals surface area (Å²) in [6, 6.07) is 5.02. The standard InChI is InChI=1S/C15H19Cl2NO2/c16-12-6-3-7-13(17)14(12)15(20)18-8-10-4-1-2-5-11(10)9-19/h3,6-7,10-11,19H,1-2,4-5,8-9H2,(H,18,20). The Morgan fingerprint density at radius 2 is 1.80 bits per heavy atom. The molecule has 3 nitrogen and oxygen atoms in total. The van der Waals surface area contributed by atoms with Crippen molar-refractivity contribution in [1.29, 1.82) is 0 Å². The molecule has 1 aromatic rings. The summed E-state index contributed by atoms with van der Waals surface area (Å²) >= 11 is 12.0. The van der Waals surface area contributed by atoms with Crippen LogP contribution in [0.4, 0.5) is 0 Å². The van der Waals surface area contributed by atoms with Crippen LogP contribution in [0.3, 0.4) is 0 Å². The minimum atomic E-state index is -0.247. The highest BCUT2D eigenvalue weighted by Crippen LogP contribution is 2.29. The molecular formula is C15H19Cl2NO2. The van der Waals surface area contributed by atoms with E-state index < -0.39 is 0 Å². The van der Waals surface area contributed by atoms with E-state index in [9.17, 15) is 9.90 Å². The van der Waals surface area contributed by atoms with Crippen molar-refractivity contribution in [2.45, 2.75) is 25.7 Å². The van der Waals surface area contributed by atoms with Crippen LogP contribution in [0.1, 0.15) is 36.0 Å². The lowest BCUT2D eigenvalue weighted by Crippen LogP contribution is -2.35. The van der Waals surface area contributed by atoms with Crippen molar-refractivity contribution in [2.75, 3.05) is 13.2 Å². The van der Waals surface area contributed by atoms with Crippen molar-refractivity contribution < 1.29 is 9.90 Å². The molecule has 20 heavy (non-hydrogen) atoms. The van der Waals surface area contributed by atoms with Crippen molar-refractivity contribution in [3.8, 4) is 0 Å². The number of hydrogen-bond acceptors (Lipinski definition) is 2. The quantitative estimate of drug-likeness (QED) is 0.893. The summed E-state index contributed by atoms with van der Waals surface area (Å²) in [5.41, 5.74) is 0.326. The monoisotopic (exact) mass is 315 g/mol. The summed E-state index contributed by atoms with van der Waals surface area (Å²) < 4.78 is 0. The largest absolute Gasteiger partial charge is 0.396 e. The van der Waals surface area contributed by atoms with E-state index in [0.29, 0.717) is 28.1 Å². The molecule has 0 spiro atoms. The maximum absolute atomic E-state index is 12.2. The van der Waals surface area contributed by atoms with Gasteiger partial charge in [-0.05, 0) is 36.8 Å². The number of aliphatic hydroxyl groups excluding tert-OH is 1. The molecule has 0 radical (unpaired) electrons.